The third-order valence-electron chi connectivity index (χ3n) is 2.18. The van der Waals surface area contributed by atoms with Gasteiger partial charge >= 0.3 is 0 Å². The normalized spacial score (nSPS) is 10.7. The Bertz CT molecular complexity index is 409. The minimum absolute atomic E-state index is 0.140. The molecule has 0 spiro atoms. The first-order chi connectivity index (χ1) is 7.01. The summed E-state index contributed by atoms with van der Waals surface area (Å²) in [5, 5.41) is 0. The van der Waals surface area contributed by atoms with E-state index < -0.39 is 11.4 Å². The predicted molar refractivity (Wildman–Crippen MR) is 54.1 cm³/mol. The lowest BCUT2D eigenvalue weighted by Crippen LogP contribution is -2.13. The lowest BCUT2D eigenvalue weighted by atomic mass is 9.95. The standard InChI is InChI=1S/C11H12FNO2/c1-11(2,13-7-14)8-4-5-9(12)10(6-8)15-3/h4-6H,1-3H3. The molecule has 0 saturated heterocycles. The Morgan fingerprint density at radius 2 is 2.13 bits per heavy atom. The van der Waals surface area contributed by atoms with Gasteiger partial charge in [0, 0.05) is 0 Å². The second-order valence-electron chi connectivity index (χ2n) is 3.61. The first kappa shape index (κ1) is 11.4. The van der Waals surface area contributed by atoms with E-state index in [-0.39, 0.29) is 5.75 Å². The fraction of sp³-hybridized carbons (Fsp3) is 0.364. The second kappa shape index (κ2) is 4.24. The topological polar surface area (TPSA) is 38.7 Å². The molecule has 1 aromatic carbocycles. The average molecular weight is 209 g/mol. The maximum Gasteiger partial charge on any atom is 0.235 e. The summed E-state index contributed by atoms with van der Waals surface area (Å²) in [5.74, 6) is -0.297. The number of isocyanates is 1. The van der Waals surface area contributed by atoms with E-state index in [1.165, 1.54) is 25.3 Å². The molecule has 0 aliphatic heterocycles. The Labute approximate surface area is 87.6 Å². The van der Waals surface area contributed by atoms with E-state index in [1.54, 1.807) is 19.9 Å². The van der Waals surface area contributed by atoms with Crippen LogP contribution < -0.4 is 4.74 Å². The van der Waals surface area contributed by atoms with Gasteiger partial charge < -0.3 is 4.74 Å². The lowest BCUT2D eigenvalue weighted by Gasteiger charge is -2.18. The van der Waals surface area contributed by atoms with E-state index in [1.807, 2.05) is 0 Å². The van der Waals surface area contributed by atoms with Crippen molar-refractivity contribution in [3.63, 3.8) is 0 Å². The highest BCUT2D eigenvalue weighted by Crippen LogP contribution is 2.28. The van der Waals surface area contributed by atoms with Gasteiger partial charge in [-0.3, -0.25) is 0 Å². The zero-order valence-electron chi connectivity index (χ0n) is 8.87. The third-order valence-corrected chi connectivity index (χ3v) is 2.18. The van der Waals surface area contributed by atoms with Crippen molar-refractivity contribution in [2.75, 3.05) is 7.11 Å². The van der Waals surface area contributed by atoms with E-state index in [2.05, 4.69) is 4.99 Å². The van der Waals surface area contributed by atoms with E-state index in [0.717, 1.165) is 0 Å². The fourth-order valence-electron chi connectivity index (χ4n) is 1.22. The monoisotopic (exact) mass is 209 g/mol. The molecule has 0 fully saturated rings. The van der Waals surface area contributed by atoms with Crippen LogP contribution >= 0.6 is 0 Å². The zero-order valence-corrected chi connectivity index (χ0v) is 8.87. The van der Waals surface area contributed by atoms with E-state index in [9.17, 15) is 9.18 Å². The maximum atomic E-state index is 13.1. The number of methoxy groups -OCH3 is 1. The van der Waals surface area contributed by atoms with Crippen LogP contribution in [0.15, 0.2) is 23.2 Å². The van der Waals surface area contributed by atoms with Gasteiger partial charge in [0.05, 0.1) is 12.6 Å². The van der Waals surface area contributed by atoms with Crippen molar-refractivity contribution < 1.29 is 13.9 Å². The van der Waals surface area contributed by atoms with Crippen molar-refractivity contribution in [3.05, 3.63) is 29.6 Å². The molecule has 0 amide bonds. The first-order valence-corrected chi connectivity index (χ1v) is 4.44. The molecule has 0 saturated carbocycles. The molecule has 0 aliphatic carbocycles. The number of hydrogen-bond acceptors (Lipinski definition) is 3. The van der Waals surface area contributed by atoms with Gasteiger partial charge in [-0.25, -0.2) is 9.18 Å². The van der Waals surface area contributed by atoms with Crippen LogP contribution in [0.2, 0.25) is 0 Å². The van der Waals surface area contributed by atoms with Gasteiger partial charge in [0.1, 0.15) is 0 Å². The van der Waals surface area contributed by atoms with Crippen LogP contribution in [0.25, 0.3) is 0 Å². The number of carbonyl (C=O) groups excluding carboxylic acids is 1. The third kappa shape index (κ3) is 2.42. The molecule has 0 atom stereocenters. The highest BCUT2D eigenvalue weighted by molar-refractivity contribution is 5.39. The van der Waals surface area contributed by atoms with Crippen molar-refractivity contribution >= 4 is 6.08 Å². The van der Waals surface area contributed by atoms with Crippen molar-refractivity contribution in [1.82, 2.24) is 0 Å². The second-order valence-corrected chi connectivity index (χ2v) is 3.61. The van der Waals surface area contributed by atoms with Crippen LogP contribution in [-0.4, -0.2) is 13.2 Å². The molecule has 4 heteroatoms. The summed E-state index contributed by atoms with van der Waals surface area (Å²) >= 11 is 0. The summed E-state index contributed by atoms with van der Waals surface area (Å²) in [6.45, 7) is 3.48. The number of aliphatic imine (C=N–C) groups is 1. The predicted octanol–water partition coefficient (Wildman–Crippen LogP) is 2.41. The van der Waals surface area contributed by atoms with Crippen molar-refractivity contribution in [2.45, 2.75) is 19.4 Å². The van der Waals surface area contributed by atoms with Crippen molar-refractivity contribution in [3.8, 4) is 5.75 Å². The lowest BCUT2D eigenvalue weighted by molar-refractivity contribution is 0.384. The average Bonchev–Trinajstić information content (AvgIpc) is 2.18. The minimum atomic E-state index is -0.720. The molecule has 15 heavy (non-hydrogen) atoms. The Kier molecular flexibility index (Phi) is 3.22. The SMILES string of the molecule is COc1cc(C(C)(C)N=C=O)ccc1F. The summed E-state index contributed by atoms with van der Waals surface area (Å²) in [7, 11) is 1.39. The van der Waals surface area contributed by atoms with Gasteiger partial charge in [0.25, 0.3) is 0 Å². The Morgan fingerprint density at radius 1 is 1.47 bits per heavy atom. The zero-order chi connectivity index (χ0) is 11.5. The highest BCUT2D eigenvalue weighted by Gasteiger charge is 2.20. The van der Waals surface area contributed by atoms with Gasteiger partial charge in [0.15, 0.2) is 11.6 Å². The molecule has 0 aromatic heterocycles. The molecule has 0 unspecified atom stereocenters. The number of nitrogens with zero attached hydrogens (tertiary/aromatic N) is 1. The molecule has 3 nitrogen and oxygen atoms in total. The summed E-state index contributed by atoms with van der Waals surface area (Å²) in [5.41, 5.74) is -0.0213. The number of rotatable bonds is 3. The van der Waals surface area contributed by atoms with Gasteiger partial charge in [-0.15, -0.1) is 0 Å². The summed E-state index contributed by atoms with van der Waals surface area (Å²) in [4.78, 5) is 13.9. The summed E-state index contributed by atoms with van der Waals surface area (Å²) < 4.78 is 18.0. The van der Waals surface area contributed by atoms with Crippen LogP contribution in [0.5, 0.6) is 5.75 Å². The first-order valence-electron chi connectivity index (χ1n) is 4.44. The molecule has 1 rings (SSSR count). The van der Waals surface area contributed by atoms with Gasteiger partial charge in [0.2, 0.25) is 6.08 Å². The Balaban J connectivity index is 3.21. The maximum absolute atomic E-state index is 13.1. The van der Waals surface area contributed by atoms with Crippen LogP contribution in [0.3, 0.4) is 0 Å². The quantitative estimate of drug-likeness (QED) is 0.566. The molecular formula is C11H12FNO2. The van der Waals surface area contributed by atoms with Gasteiger partial charge in [-0.1, -0.05) is 6.07 Å². The van der Waals surface area contributed by atoms with Crippen LogP contribution in [0.4, 0.5) is 4.39 Å². The van der Waals surface area contributed by atoms with Gasteiger partial charge in [-0.05, 0) is 31.5 Å². The van der Waals surface area contributed by atoms with E-state index >= 15 is 0 Å². The fourth-order valence-corrected chi connectivity index (χ4v) is 1.22. The van der Waals surface area contributed by atoms with Crippen LogP contribution in [0, 0.1) is 5.82 Å². The molecule has 0 heterocycles. The Morgan fingerprint density at radius 3 is 2.67 bits per heavy atom. The molecule has 0 bridgehead atoms. The minimum Gasteiger partial charge on any atom is -0.494 e. The molecule has 1 aromatic rings. The van der Waals surface area contributed by atoms with Gasteiger partial charge in [-0.2, -0.15) is 4.99 Å². The highest BCUT2D eigenvalue weighted by atomic mass is 19.1. The van der Waals surface area contributed by atoms with Crippen LogP contribution in [0.1, 0.15) is 19.4 Å². The molecule has 80 valence electrons. The molecular weight excluding hydrogens is 197 g/mol. The smallest absolute Gasteiger partial charge is 0.235 e. The number of ether oxygens (including phenoxy) is 1. The summed E-state index contributed by atoms with van der Waals surface area (Å²) in [6, 6.07) is 4.38. The van der Waals surface area contributed by atoms with E-state index in [0.29, 0.717) is 5.56 Å². The molecule has 0 N–H and O–H groups in total. The largest absolute Gasteiger partial charge is 0.494 e. The van der Waals surface area contributed by atoms with Crippen molar-refractivity contribution in [2.24, 2.45) is 4.99 Å². The van der Waals surface area contributed by atoms with Crippen molar-refractivity contribution in [1.29, 1.82) is 0 Å². The molecule has 0 aliphatic rings. The number of halogens is 1. The summed E-state index contributed by atoms with van der Waals surface area (Å²) in [6.07, 6.45) is 1.50. The van der Waals surface area contributed by atoms with Crippen LogP contribution in [-0.2, 0) is 10.3 Å². The number of benzene rings is 1. The Hall–Kier alpha value is -1.67. The number of hydrogen-bond donors (Lipinski definition) is 0. The molecule has 0 radical (unpaired) electrons. The van der Waals surface area contributed by atoms with E-state index in [4.69, 9.17) is 4.74 Å².